The molecule has 0 aliphatic heterocycles. The van der Waals surface area contributed by atoms with Crippen LogP contribution in [0.4, 0.5) is 18.9 Å². The van der Waals surface area contributed by atoms with E-state index < -0.39 is 18.7 Å². The average Bonchev–Trinajstić information content (AvgIpc) is 2.67. The van der Waals surface area contributed by atoms with E-state index in [0.29, 0.717) is 27.4 Å². The Morgan fingerprint density at radius 1 is 1.17 bits per heavy atom. The fraction of sp³-hybridized carbons (Fsp3) is 0.150. The maximum absolute atomic E-state index is 12.6. The van der Waals surface area contributed by atoms with Crippen LogP contribution < -0.4 is 10.1 Å². The molecule has 0 unspecified atom stereocenters. The van der Waals surface area contributed by atoms with E-state index >= 15 is 0 Å². The van der Waals surface area contributed by atoms with Gasteiger partial charge in [-0.3, -0.25) is 9.78 Å². The highest BCUT2D eigenvalue weighted by Gasteiger charge is 2.29. The molecule has 0 aliphatic carbocycles. The smallest absolute Gasteiger partial charge is 0.422 e. The SMILES string of the molecule is Cc1cnccc1C(=O)Nc1cnc(OCC(F)(F)F)c(-c2ccc(Cl)cc2)c1. The second-order valence-electron chi connectivity index (χ2n) is 6.13. The van der Waals surface area contributed by atoms with Crippen LogP contribution in [0, 0.1) is 6.92 Å². The number of hydrogen-bond donors (Lipinski definition) is 1. The minimum Gasteiger partial charge on any atom is -0.468 e. The van der Waals surface area contributed by atoms with Crippen LogP contribution in [0.25, 0.3) is 11.1 Å². The highest BCUT2D eigenvalue weighted by atomic mass is 35.5. The van der Waals surface area contributed by atoms with Crippen LogP contribution in [0.15, 0.2) is 55.0 Å². The summed E-state index contributed by atoms with van der Waals surface area (Å²) < 4.78 is 42.6. The first-order valence-corrected chi connectivity index (χ1v) is 8.78. The molecule has 3 rings (SSSR count). The van der Waals surface area contributed by atoms with Crippen LogP contribution in [0.3, 0.4) is 0 Å². The van der Waals surface area contributed by atoms with Gasteiger partial charge < -0.3 is 10.1 Å². The highest BCUT2D eigenvalue weighted by molar-refractivity contribution is 6.30. The Balaban J connectivity index is 1.93. The number of ether oxygens (including phenoxy) is 1. The van der Waals surface area contributed by atoms with Gasteiger partial charge in [-0.2, -0.15) is 13.2 Å². The molecule has 0 saturated heterocycles. The van der Waals surface area contributed by atoms with Crippen molar-refractivity contribution in [2.45, 2.75) is 13.1 Å². The van der Waals surface area contributed by atoms with E-state index in [1.165, 1.54) is 18.5 Å². The van der Waals surface area contributed by atoms with Crippen LogP contribution in [-0.2, 0) is 0 Å². The molecule has 5 nitrogen and oxygen atoms in total. The van der Waals surface area contributed by atoms with E-state index in [0.717, 1.165) is 0 Å². The zero-order chi connectivity index (χ0) is 21.0. The first-order chi connectivity index (χ1) is 13.7. The number of nitrogens with one attached hydrogen (secondary N) is 1. The van der Waals surface area contributed by atoms with Gasteiger partial charge in [-0.25, -0.2) is 4.98 Å². The Bertz CT molecular complexity index is 1020. The van der Waals surface area contributed by atoms with E-state index in [9.17, 15) is 18.0 Å². The van der Waals surface area contributed by atoms with E-state index in [-0.39, 0.29) is 11.4 Å². The minimum absolute atomic E-state index is 0.206. The highest BCUT2D eigenvalue weighted by Crippen LogP contribution is 2.32. The Hall–Kier alpha value is -3.13. The number of amides is 1. The number of benzene rings is 1. The lowest BCUT2D eigenvalue weighted by atomic mass is 10.1. The third-order valence-corrected chi connectivity index (χ3v) is 4.15. The third-order valence-electron chi connectivity index (χ3n) is 3.90. The zero-order valence-electron chi connectivity index (χ0n) is 15.1. The topological polar surface area (TPSA) is 64.1 Å². The lowest BCUT2D eigenvalue weighted by molar-refractivity contribution is -0.154. The van der Waals surface area contributed by atoms with Crippen molar-refractivity contribution in [2.75, 3.05) is 11.9 Å². The van der Waals surface area contributed by atoms with Gasteiger partial charge in [-0.15, -0.1) is 0 Å². The van der Waals surface area contributed by atoms with Gasteiger partial charge in [0.25, 0.3) is 5.91 Å². The molecule has 150 valence electrons. The maximum Gasteiger partial charge on any atom is 0.422 e. The van der Waals surface area contributed by atoms with Crippen molar-refractivity contribution < 1.29 is 22.7 Å². The maximum atomic E-state index is 12.6. The van der Waals surface area contributed by atoms with Crippen molar-refractivity contribution >= 4 is 23.2 Å². The van der Waals surface area contributed by atoms with Crippen LogP contribution >= 0.6 is 11.6 Å². The average molecular weight is 422 g/mol. The van der Waals surface area contributed by atoms with Crippen molar-refractivity contribution in [3.05, 3.63) is 71.1 Å². The first-order valence-electron chi connectivity index (χ1n) is 8.40. The molecule has 0 bridgehead atoms. The molecule has 0 aliphatic rings. The molecule has 1 amide bonds. The van der Waals surface area contributed by atoms with Gasteiger partial charge >= 0.3 is 6.18 Å². The summed E-state index contributed by atoms with van der Waals surface area (Å²) in [4.78, 5) is 20.4. The van der Waals surface area contributed by atoms with Gasteiger partial charge in [-0.05, 0) is 42.3 Å². The van der Waals surface area contributed by atoms with Crippen LogP contribution in [0.5, 0.6) is 5.88 Å². The summed E-state index contributed by atoms with van der Waals surface area (Å²) in [5.74, 6) is -0.597. The summed E-state index contributed by atoms with van der Waals surface area (Å²) in [6.45, 7) is 0.260. The Labute approximate surface area is 169 Å². The molecule has 0 radical (unpaired) electrons. The summed E-state index contributed by atoms with van der Waals surface area (Å²) >= 11 is 5.88. The lowest BCUT2D eigenvalue weighted by Gasteiger charge is -2.14. The molecule has 2 aromatic heterocycles. The van der Waals surface area contributed by atoms with Gasteiger partial charge in [0.05, 0.1) is 11.9 Å². The summed E-state index contributed by atoms with van der Waals surface area (Å²) in [7, 11) is 0. The number of carbonyl (C=O) groups is 1. The number of halogens is 4. The van der Waals surface area contributed by atoms with E-state index in [4.69, 9.17) is 16.3 Å². The third kappa shape index (κ3) is 5.45. The van der Waals surface area contributed by atoms with Gasteiger partial charge in [0, 0.05) is 28.5 Å². The molecule has 0 saturated carbocycles. The summed E-state index contributed by atoms with van der Waals surface area (Å²) in [5, 5.41) is 3.16. The monoisotopic (exact) mass is 421 g/mol. The number of rotatable bonds is 5. The predicted molar refractivity (Wildman–Crippen MR) is 103 cm³/mol. The molecule has 1 N–H and O–H groups in total. The molecule has 0 spiro atoms. The summed E-state index contributed by atoms with van der Waals surface area (Å²) in [5.41, 5.74) is 2.23. The molecule has 1 aromatic carbocycles. The van der Waals surface area contributed by atoms with Crippen molar-refractivity contribution in [1.29, 1.82) is 0 Å². The number of nitrogens with zero attached hydrogens (tertiary/aromatic N) is 2. The van der Waals surface area contributed by atoms with Crippen LogP contribution in [0.2, 0.25) is 5.02 Å². The fourth-order valence-corrected chi connectivity index (χ4v) is 2.67. The normalized spacial score (nSPS) is 11.2. The molecular formula is C20H15ClF3N3O2. The summed E-state index contributed by atoms with van der Waals surface area (Å²) in [6.07, 6.45) is -0.224. The van der Waals surface area contributed by atoms with Crippen LogP contribution in [0.1, 0.15) is 15.9 Å². The molecular weight excluding hydrogens is 407 g/mol. The largest absolute Gasteiger partial charge is 0.468 e. The van der Waals surface area contributed by atoms with Gasteiger partial charge in [0.1, 0.15) is 0 Å². The first kappa shape index (κ1) is 20.6. The number of aromatic nitrogens is 2. The van der Waals surface area contributed by atoms with Gasteiger partial charge in [-0.1, -0.05) is 23.7 Å². The molecule has 0 fully saturated rings. The van der Waals surface area contributed by atoms with Crippen molar-refractivity contribution in [3.8, 4) is 17.0 Å². The number of aryl methyl sites for hydroxylation is 1. The fourth-order valence-electron chi connectivity index (χ4n) is 2.55. The van der Waals surface area contributed by atoms with Crippen LogP contribution in [-0.4, -0.2) is 28.7 Å². The van der Waals surface area contributed by atoms with Crippen molar-refractivity contribution in [1.82, 2.24) is 9.97 Å². The van der Waals surface area contributed by atoms with E-state index in [1.54, 1.807) is 43.5 Å². The number of carbonyl (C=O) groups excluding carboxylic acids is 1. The zero-order valence-corrected chi connectivity index (χ0v) is 15.9. The molecule has 2 heterocycles. The quantitative estimate of drug-likeness (QED) is 0.607. The summed E-state index contributed by atoms with van der Waals surface area (Å²) in [6, 6.07) is 9.50. The minimum atomic E-state index is -4.51. The number of alkyl halides is 3. The second-order valence-corrected chi connectivity index (χ2v) is 6.57. The Kier molecular flexibility index (Phi) is 6.03. The number of hydrogen-bond acceptors (Lipinski definition) is 4. The second kappa shape index (κ2) is 8.48. The van der Waals surface area contributed by atoms with Gasteiger partial charge in [0.2, 0.25) is 5.88 Å². The molecule has 9 heteroatoms. The Morgan fingerprint density at radius 2 is 1.90 bits per heavy atom. The molecule has 3 aromatic rings. The Morgan fingerprint density at radius 3 is 2.55 bits per heavy atom. The molecule has 29 heavy (non-hydrogen) atoms. The number of anilines is 1. The number of pyridine rings is 2. The van der Waals surface area contributed by atoms with Crippen molar-refractivity contribution in [3.63, 3.8) is 0 Å². The van der Waals surface area contributed by atoms with E-state index in [2.05, 4.69) is 15.3 Å². The van der Waals surface area contributed by atoms with Crippen molar-refractivity contribution in [2.24, 2.45) is 0 Å². The standard InChI is InChI=1S/C20H15ClF3N3O2/c1-12-9-25-7-6-16(12)18(28)27-15-8-17(13-2-4-14(21)5-3-13)19(26-10-15)29-11-20(22,23)24/h2-10H,11H2,1H3,(H,27,28). The van der Waals surface area contributed by atoms with E-state index in [1.807, 2.05) is 0 Å². The molecule has 0 atom stereocenters. The van der Waals surface area contributed by atoms with Gasteiger partial charge in [0.15, 0.2) is 6.61 Å². The predicted octanol–water partition coefficient (Wildman–Crippen LogP) is 5.30. The lowest BCUT2D eigenvalue weighted by Crippen LogP contribution is -2.20.